The molecule has 0 saturated carbocycles. The maximum Gasteiger partial charge on any atom is 0.246 e. The molecule has 3 aromatic rings. The molecule has 0 spiro atoms. The standard InChI is InChI=1S/C21H22N4O3S/c1-24(13-14-29(2,27)28)20(26)11-10-18-16-25(19-8-4-3-5-9-19)23-21(18)17-7-6-12-22-15-17/h3-12,15-16H,13-14H2,1-2H3. The number of benzene rings is 1. The minimum Gasteiger partial charge on any atom is -0.341 e. The molecule has 1 amide bonds. The van der Waals surface area contributed by atoms with E-state index in [9.17, 15) is 13.2 Å². The molecule has 7 nitrogen and oxygen atoms in total. The third kappa shape index (κ3) is 5.61. The van der Waals surface area contributed by atoms with Gasteiger partial charge in [-0.2, -0.15) is 5.10 Å². The largest absolute Gasteiger partial charge is 0.341 e. The van der Waals surface area contributed by atoms with Crippen LogP contribution in [0.2, 0.25) is 0 Å². The van der Waals surface area contributed by atoms with E-state index in [1.165, 1.54) is 11.0 Å². The van der Waals surface area contributed by atoms with Gasteiger partial charge in [0.2, 0.25) is 5.91 Å². The third-order valence-corrected chi connectivity index (χ3v) is 5.20. The van der Waals surface area contributed by atoms with Crippen LogP contribution in [0.5, 0.6) is 0 Å². The van der Waals surface area contributed by atoms with Crippen molar-refractivity contribution in [2.45, 2.75) is 0 Å². The maximum atomic E-state index is 12.4. The van der Waals surface area contributed by atoms with E-state index in [2.05, 4.69) is 10.1 Å². The van der Waals surface area contributed by atoms with Crippen molar-refractivity contribution in [2.75, 3.05) is 25.6 Å². The highest BCUT2D eigenvalue weighted by Gasteiger charge is 2.13. The van der Waals surface area contributed by atoms with Crippen LogP contribution in [0.1, 0.15) is 5.56 Å². The Hall–Kier alpha value is -3.26. The Morgan fingerprint density at radius 2 is 1.93 bits per heavy atom. The van der Waals surface area contributed by atoms with Crippen molar-refractivity contribution < 1.29 is 13.2 Å². The first-order valence-corrected chi connectivity index (χ1v) is 11.1. The number of rotatable bonds is 7. The highest BCUT2D eigenvalue weighted by Crippen LogP contribution is 2.24. The molecule has 2 heterocycles. The van der Waals surface area contributed by atoms with Crippen LogP contribution in [0.15, 0.2) is 67.1 Å². The van der Waals surface area contributed by atoms with E-state index in [-0.39, 0.29) is 18.2 Å². The number of nitrogens with zero attached hydrogens (tertiary/aromatic N) is 4. The predicted octanol–water partition coefficient (Wildman–Crippen LogP) is 2.45. The quantitative estimate of drug-likeness (QED) is 0.559. The molecule has 150 valence electrons. The van der Waals surface area contributed by atoms with Gasteiger partial charge in [-0.25, -0.2) is 13.1 Å². The molecule has 0 fully saturated rings. The van der Waals surface area contributed by atoms with Crippen LogP contribution < -0.4 is 0 Å². The summed E-state index contributed by atoms with van der Waals surface area (Å²) in [6.45, 7) is 0.140. The van der Waals surface area contributed by atoms with Crippen LogP contribution in [0, 0.1) is 0 Å². The van der Waals surface area contributed by atoms with Gasteiger partial charge in [0.1, 0.15) is 15.5 Å². The smallest absolute Gasteiger partial charge is 0.246 e. The molecule has 0 saturated heterocycles. The molecule has 3 rings (SSSR count). The molecular formula is C21H22N4O3S. The number of carbonyl (C=O) groups excluding carboxylic acids is 1. The summed E-state index contributed by atoms with van der Waals surface area (Å²) in [7, 11) is -1.55. The van der Waals surface area contributed by atoms with Gasteiger partial charge in [0.05, 0.1) is 11.4 Å². The van der Waals surface area contributed by atoms with Crippen LogP contribution in [-0.4, -0.2) is 59.6 Å². The molecule has 0 unspecified atom stereocenters. The Labute approximate surface area is 170 Å². The second-order valence-corrected chi connectivity index (χ2v) is 8.94. The summed E-state index contributed by atoms with van der Waals surface area (Å²) in [5.41, 5.74) is 3.19. The second-order valence-electron chi connectivity index (χ2n) is 6.68. The highest BCUT2D eigenvalue weighted by molar-refractivity contribution is 7.90. The summed E-state index contributed by atoms with van der Waals surface area (Å²) in [6, 6.07) is 13.4. The number of hydrogen-bond acceptors (Lipinski definition) is 5. The monoisotopic (exact) mass is 410 g/mol. The summed E-state index contributed by atoms with van der Waals surface area (Å²) >= 11 is 0. The van der Waals surface area contributed by atoms with Crippen LogP contribution in [0.3, 0.4) is 0 Å². The van der Waals surface area contributed by atoms with Crippen molar-refractivity contribution in [1.82, 2.24) is 19.7 Å². The van der Waals surface area contributed by atoms with Crippen LogP contribution in [0.25, 0.3) is 23.0 Å². The van der Waals surface area contributed by atoms with E-state index in [1.807, 2.05) is 48.7 Å². The van der Waals surface area contributed by atoms with Gasteiger partial charge in [-0.15, -0.1) is 0 Å². The molecule has 0 N–H and O–H groups in total. The molecule has 0 bridgehead atoms. The minimum atomic E-state index is -3.13. The highest BCUT2D eigenvalue weighted by atomic mass is 32.2. The van der Waals surface area contributed by atoms with E-state index < -0.39 is 9.84 Å². The third-order valence-electron chi connectivity index (χ3n) is 4.28. The Kier molecular flexibility index (Phi) is 6.23. The van der Waals surface area contributed by atoms with E-state index in [0.29, 0.717) is 5.69 Å². The first-order valence-electron chi connectivity index (χ1n) is 9.00. The average molecular weight is 410 g/mol. The van der Waals surface area contributed by atoms with Gasteiger partial charge in [0.15, 0.2) is 0 Å². The van der Waals surface area contributed by atoms with Crippen LogP contribution in [0.4, 0.5) is 0 Å². The summed E-state index contributed by atoms with van der Waals surface area (Å²) in [5, 5.41) is 4.66. The van der Waals surface area contributed by atoms with Crippen molar-refractivity contribution in [2.24, 2.45) is 0 Å². The number of sulfone groups is 1. The zero-order valence-electron chi connectivity index (χ0n) is 16.3. The molecule has 0 aliphatic carbocycles. The lowest BCUT2D eigenvalue weighted by molar-refractivity contribution is -0.124. The molecule has 2 aromatic heterocycles. The number of likely N-dealkylation sites (N-methyl/N-ethyl adjacent to an activating group) is 1. The molecule has 1 aromatic carbocycles. The van der Waals surface area contributed by atoms with Gasteiger partial charge >= 0.3 is 0 Å². The molecule has 0 atom stereocenters. The summed E-state index contributed by atoms with van der Waals surface area (Å²) in [5.74, 6) is -0.353. The van der Waals surface area contributed by atoms with Gasteiger partial charge in [-0.05, 0) is 30.3 Å². The average Bonchev–Trinajstić information content (AvgIpc) is 3.15. The fraction of sp³-hybridized carbons (Fsp3) is 0.190. The first-order chi connectivity index (χ1) is 13.8. The van der Waals surface area contributed by atoms with Gasteiger partial charge in [-0.3, -0.25) is 9.78 Å². The lowest BCUT2D eigenvalue weighted by Gasteiger charge is -2.13. The number of pyridine rings is 1. The molecule has 8 heteroatoms. The zero-order valence-corrected chi connectivity index (χ0v) is 17.1. The van der Waals surface area contributed by atoms with Crippen molar-refractivity contribution in [3.05, 3.63) is 72.7 Å². The summed E-state index contributed by atoms with van der Waals surface area (Å²) in [4.78, 5) is 17.9. The van der Waals surface area contributed by atoms with E-state index >= 15 is 0 Å². The van der Waals surface area contributed by atoms with Crippen molar-refractivity contribution in [3.8, 4) is 16.9 Å². The number of amides is 1. The number of para-hydroxylation sites is 1. The van der Waals surface area contributed by atoms with Crippen molar-refractivity contribution in [3.63, 3.8) is 0 Å². The lowest BCUT2D eigenvalue weighted by atomic mass is 10.1. The van der Waals surface area contributed by atoms with Gasteiger partial charge < -0.3 is 4.90 Å². The fourth-order valence-corrected chi connectivity index (χ4v) is 3.26. The molecule has 0 aliphatic heterocycles. The fourth-order valence-electron chi connectivity index (χ4n) is 2.65. The molecule has 29 heavy (non-hydrogen) atoms. The molecular weight excluding hydrogens is 388 g/mol. The maximum absolute atomic E-state index is 12.4. The van der Waals surface area contributed by atoms with E-state index in [1.54, 1.807) is 30.2 Å². The SMILES string of the molecule is CN(CCS(C)(=O)=O)C(=O)C=Cc1cn(-c2ccccc2)nc1-c1cccnc1. The van der Waals surface area contributed by atoms with Gasteiger partial charge in [0, 0.05) is 55.6 Å². The summed E-state index contributed by atoms with van der Waals surface area (Å²) in [6.07, 6.45) is 9.52. The Bertz CT molecular complexity index is 1110. The van der Waals surface area contributed by atoms with Crippen molar-refractivity contribution >= 4 is 21.8 Å². The topological polar surface area (TPSA) is 85.2 Å². The van der Waals surface area contributed by atoms with Crippen molar-refractivity contribution in [1.29, 1.82) is 0 Å². The van der Waals surface area contributed by atoms with E-state index in [4.69, 9.17) is 0 Å². The first kappa shape index (κ1) is 20.5. The van der Waals surface area contributed by atoms with Crippen LogP contribution in [-0.2, 0) is 14.6 Å². The minimum absolute atomic E-state index is 0.0735. The number of carbonyl (C=O) groups is 1. The second kappa shape index (κ2) is 8.83. The normalized spacial score (nSPS) is 11.7. The lowest BCUT2D eigenvalue weighted by Crippen LogP contribution is -2.29. The van der Waals surface area contributed by atoms with Gasteiger partial charge in [0.25, 0.3) is 0 Å². The number of aromatic nitrogens is 3. The summed E-state index contributed by atoms with van der Waals surface area (Å²) < 4.78 is 24.4. The predicted molar refractivity (Wildman–Crippen MR) is 113 cm³/mol. The van der Waals surface area contributed by atoms with Crippen LogP contribution >= 0.6 is 0 Å². The zero-order chi connectivity index (χ0) is 20.9. The molecule has 0 radical (unpaired) electrons. The Morgan fingerprint density at radius 1 is 1.17 bits per heavy atom. The molecule has 0 aliphatic rings. The number of hydrogen-bond donors (Lipinski definition) is 0. The Balaban J connectivity index is 1.88. The Morgan fingerprint density at radius 3 is 2.59 bits per heavy atom. The van der Waals surface area contributed by atoms with E-state index in [0.717, 1.165) is 23.1 Å². The van der Waals surface area contributed by atoms with Gasteiger partial charge in [-0.1, -0.05) is 18.2 Å².